The molecule has 0 bridgehead atoms. The van der Waals surface area contributed by atoms with Crippen molar-refractivity contribution in [3.05, 3.63) is 59.7 Å². The van der Waals surface area contributed by atoms with Gasteiger partial charge in [-0.05, 0) is 34.6 Å². The fourth-order valence-corrected chi connectivity index (χ4v) is 4.17. The van der Waals surface area contributed by atoms with Crippen molar-refractivity contribution in [1.29, 1.82) is 0 Å². The molecule has 0 heterocycles. The quantitative estimate of drug-likeness (QED) is 0.412. The number of carboxylic acids is 1. The Morgan fingerprint density at radius 3 is 2.18 bits per heavy atom. The molecule has 0 spiro atoms. The molecule has 8 heteroatoms. The van der Waals surface area contributed by atoms with Gasteiger partial charge < -0.3 is 25.2 Å². The highest BCUT2D eigenvalue weighted by molar-refractivity contribution is 5.79. The Bertz CT molecular complexity index is 961. The van der Waals surface area contributed by atoms with Crippen molar-refractivity contribution in [1.82, 2.24) is 10.6 Å². The molecular formula is C26H32N2O6. The zero-order chi connectivity index (χ0) is 24.5. The number of nitrogens with one attached hydrogen (secondary N) is 2. The predicted molar refractivity (Wildman–Crippen MR) is 127 cm³/mol. The first-order valence-corrected chi connectivity index (χ1v) is 11.5. The fraction of sp³-hybridized carbons (Fsp3) is 0.423. The number of fused-ring (bicyclic) bond motifs is 3. The van der Waals surface area contributed by atoms with Crippen LogP contribution in [-0.2, 0) is 19.1 Å². The van der Waals surface area contributed by atoms with Gasteiger partial charge in [0.05, 0.1) is 12.5 Å². The molecule has 0 aromatic heterocycles. The molecule has 1 aliphatic carbocycles. The maximum absolute atomic E-state index is 12.1. The van der Waals surface area contributed by atoms with E-state index in [1.807, 2.05) is 38.1 Å². The molecule has 0 radical (unpaired) electrons. The smallest absolute Gasteiger partial charge is 0.407 e. The van der Waals surface area contributed by atoms with Crippen LogP contribution in [0.5, 0.6) is 0 Å². The third-order valence-corrected chi connectivity index (χ3v) is 5.74. The first-order valence-electron chi connectivity index (χ1n) is 11.5. The maximum Gasteiger partial charge on any atom is 0.407 e. The fourth-order valence-electron chi connectivity index (χ4n) is 4.17. The standard InChI is InChI=1S/C26H32N2O6/c1-17(2)13-18(25(30)31)14-28-24(29)16-33-12-11-27-26(32)34-15-23-21-9-5-3-7-19(21)20-8-4-6-10-22(20)23/h3-10,17-18,23H,11-16H2,1-2H3,(H,27,32)(H,28,29)(H,30,31). The molecule has 0 fully saturated rings. The molecule has 3 rings (SSSR count). The predicted octanol–water partition coefficient (Wildman–Crippen LogP) is 3.40. The number of hydrogen-bond donors (Lipinski definition) is 3. The number of ether oxygens (including phenoxy) is 2. The van der Waals surface area contributed by atoms with Gasteiger partial charge in [-0.25, -0.2) is 4.79 Å². The van der Waals surface area contributed by atoms with Crippen LogP contribution in [0, 0.1) is 11.8 Å². The van der Waals surface area contributed by atoms with Gasteiger partial charge in [-0.1, -0.05) is 62.4 Å². The van der Waals surface area contributed by atoms with Gasteiger partial charge in [0.25, 0.3) is 0 Å². The van der Waals surface area contributed by atoms with Crippen LogP contribution in [0.4, 0.5) is 4.79 Å². The minimum absolute atomic E-state index is 0.0107. The van der Waals surface area contributed by atoms with Crippen molar-refractivity contribution in [2.24, 2.45) is 11.8 Å². The summed E-state index contributed by atoms with van der Waals surface area (Å²) in [5.41, 5.74) is 4.61. The summed E-state index contributed by atoms with van der Waals surface area (Å²) < 4.78 is 10.7. The lowest BCUT2D eigenvalue weighted by Crippen LogP contribution is -2.36. The number of carbonyl (C=O) groups excluding carboxylic acids is 2. The lowest BCUT2D eigenvalue weighted by Gasteiger charge is -2.15. The molecule has 1 aliphatic rings. The first kappa shape index (κ1) is 25.2. The molecule has 1 atom stereocenters. The summed E-state index contributed by atoms with van der Waals surface area (Å²) in [5.74, 6) is -1.74. The van der Waals surface area contributed by atoms with Crippen LogP contribution in [0.3, 0.4) is 0 Å². The lowest BCUT2D eigenvalue weighted by molar-refractivity contribution is -0.142. The van der Waals surface area contributed by atoms with Crippen molar-refractivity contribution in [2.75, 3.05) is 32.9 Å². The Morgan fingerprint density at radius 1 is 0.971 bits per heavy atom. The van der Waals surface area contributed by atoms with E-state index in [0.29, 0.717) is 6.42 Å². The van der Waals surface area contributed by atoms with E-state index in [1.54, 1.807) is 0 Å². The summed E-state index contributed by atoms with van der Waals surface area (Å²) in [5, 5.41) is 14.4. The Kier molecular flexibility index (Phi) is 9.04. The normalized spacial score (nSPS) is 13.1. The van der Waals surface area contributed by atoms with Crippen molar-refractivity contribution < 1.29 is 29.0 Å². The highest BCUT2D eigenvalue weighted by atomic mass is 16.5. The third kappa shape index (κ3) is 6.81. The van der Waals surface area contributed by atoms with Gasteiger partial charge in [-0.2, -0.15) is 0 Å². The Balaban J connectivity index is 1.34. The topological polar surface area (TPSA) is 114 Å². The summed E-state index contributed by atoms with van der Waals surface area (Å²) in [4.78, 5) is 35.2. The Hall–Kier alpha value is -3.39. The van der Waals surface area contributed by atoms with Crippen LogP contribution in [-0.4, -0.2) is 56.0 Å². The average Bonchev–Trinajstić information content (AvgIpc) is 3.13. The van der Waals surface area contributed by atoms with Gasteiger partial charge in [0, 0.05) is 19.0 Å². The number of benzene rings is 2. The molecule has 1 unspecified atom stereocenters. The Labute approximate surface area is 199 Å². The average molecular weight is 469 g/mol. The first-order chi connectivity index (χ1) is 16.4. The summed E-state index contributed by atoms with van der Waals surface area (Å²) in [6.45, 7) is 4.27. The number of alkyl carbamates (subject to hydrolysis) is 1. The minimum atomic E-state index is -0.929. The third-order valence-electron chi connectivity index (χ3n) is 5.74. The number of aliphatic carboxylic acids is 1. The number of carboxylic acid groups (broad SMARTS) is 1. The van der Waals surface area contributed by atoms with Crippen LogP contribution in [0.25, 0.3) is 11.1 Å². The molecule has 34 heavy (non-hydrogen) atoms. The van der Waals surface area contributed by atoms with Crippen molar-refractivity contribution >= 4 is 18.0 Å². The molecule has 0 aliphatic heterocycles. The van der Waals surface area contributed by atoms with E-state index >= 15 is 0 Å². The van der Waals surface area contributed by atoms with Crippen molar-refractivity contribution in [3.63, 3.8) is 0 Å². The van der Waals surface area contributed by atoms with Gasteiger partial charge in [-0.3, -0.25) is 9.59 Å². The van der Waals surface area contributed by atoms with Gasteiger partial charge in [0.1, 0.15) is 13.2 Å². The summed E-state index contributed by atoms with van der Waals surface area (Å²) in [6, 6.07) is 16.2. The molecule has 0 saturated carbocycles. The zero-order valence-corrected chi connectivity index (χ0v) is 19.6. The van der Waals surface area contributed by atoms with E-state index in [9.17, 15) is 19.5 Å². The van der Waals surface area contributed by atoms with E-state index in [-0.39, 0.29) is 44.7 Å². The van der Waals surface area contributed by atoms with Crippen molar-refractivity contribution in [2.45, 2.75) is 26.2 Å². The van der Waals surface area contributed by atoms with Crippen LogP contribution in [0.1, 0.15) is 37.3 Å². The maximum atomic E-state index is 12.1. The number of hydrogen-bond acceptors (Lipinski definition) is 5. The second kappa shape index (κ2) is 12.2. The number of amides is 2. The summed E-state index contributed by atoms with van der Waals surface area (Å²) in [6.07, 6.45) is -0.0616. The molecule has 2 amide bonds. The van der Waals surface area contributed by atoms with Crippen LogP contribution < -0.4 is 10.6 Å². The van der Waals surface area contributed by atoms with E-state index in [4.69, 9.17) is 9.47 Å². The van der Waals surface area contributed by atoms with Gasteiger partial charge in [0.2, 0.25) is 5.91 Å². The summed E-state index contributed by atoms with van der Waals surface area (Å²) >= 11 is 0. The highest BCUT2D eigenvalue weighted by Crippen LogP contribution is 2.44. The molecule has 8 nitrogen and oxygen atoms in total. The number of carbonyl (C=O) groups is 3. The monoisotopic (exact) mass is 468 g/mol. The molecule has 2 aromatic rings. The Morgan fingerprint density at radius 2 is 1.59 bits per heavy atom. The van der Waals surface area contributed by atoms with E-state index in [0.717, 1.165) is 22.3 Å². The van der Waals surface area contributed by atoms with Gasteiger partial charge in [-0.15, -0.1) is 0 Å². The van der Waals surface area contributed by atoms with Crippen molar-refractivity contribution in [3.8, 4) is 11.1 Å². The van der Waals surface area contributed by atoms with E-state index < -0.39 is 23.9 Å². The largest absolute Gasteiger partial charge is 0.481 e. The van der Waals surface area contributed by atoms with Gasteiger partial charge in [0.15, 0.2) is 0 Å². The van der Waals surface area contributed by atoms with Crippen LogP contribution in [0.15, 0.2) is 48.5 Å². The van der Waals surface area contributed by atoms with Gasteiger partial charge >= 0.3 is 12.1 Å². The zero-order valence-electron chi connectivity index (χ0n) is 19.6. The van der Waals surface area contributed by atoms with E-state index in [2.05, 4.69) is 34.9 Å². The second-order valence-electron chi connectivity index (χ2n) is 8.77. The minimum Gasteiger partial charge on any atom is -0.481 e. The van der Waals surface area contributed by atoms with Crippen LogP contribution >= 0.6 is 0 Å². The SMILES string of the molecule is CC(C)CC(CNC(=O)COCCNC(=O)OCC1c2ccccc2-c2ccccc21)C(=O)O. The molecule has 0 saturated heterocycles. The molecule has 3 N–H and O–H groups in total. The summed E-state index contributed by atoms with van der Waals surface area (Å²) in [7, 11) is 0. The lowest BCUT2D eigenvalue weighted by atomic mass is 9.97. The number of rotatable bonds is 12. The van der Waals surface area contributed by atoms with E-state index in [1.165, 1.54) is 0 Å². The highest BCUT2D eigenvalue weighted by Gasteiger charge is 2.29. The molecular weight excluding hydrogens is 436 g/mol. The molecule has 182 valence electrons. The molecule has 2 aromatic carbocycles. The van der Waals surface area contributed by atoms with Crippen LogP contribution in [0.2, 0.25) is 0 Å². The second-order valence-corrected chi connectivity index (χ2v) is 8.77.